The van der Waals surface area contributed by atoms with Gasteiger partial charge in [0.25, 0.3) is 0 Å². The van der Waals surface area contributed by atoms with E-state index in [-0.39, 0.29) is 0 Å². The minimum Gasteiger partial charge on any atom is -0.493 e. The molecule has 0 saturated heterocycles. The van der Waals surface area contributed by atoms with Crippen LogP contribution >= 0.6 is 11.3 Å². The number of hydrogen-bond donors (Lipinski definition) is 1. The first-order valence-corrected chi connectivity index (χ1v) is 6.38. The summed E-state index contributed by atoms with van der Waals surface area (Å²) < 4.78 is 10.5. The standard InChI is InChI=1S/C13H16N2O2S/c1-8-12(14-2)18-13(15-8)9-5-6-10(16-3)11(7-9)17-4/h5-7,14H,1-4H3. The first-order chi connectivity index (χ1) is 8.69. The maximum absolute atomic E-state index is 5.30. The van der Waals surface area contributed by atoms with Crippen LogP contribution in [0.15, 0.2) is 18.2 Å². The highest BCUT2D eigenvalue weighted by Gasteiger charge is 2.11. The molecule has 1 heterocycles. The Morgan fingerprint density at radius 1 is 1.17 bits per heavy atom. The zero-order valence-electron chi connectivity index (χ0n) is 10.9. The Labute approximate surface area is 111 Å². The summed E-state index contributed by atoms with van der Waals surface area (Å²) in [6.45, 7) is 1.99. The van der Waals surface area contributed by atoms with E-state index >= 15 is 0 Å². The molecule has 0 aliphatic rings. The summed E-state index contributed by atoms with van der Waals surface area (Å²) in [5.74, 6) is 1.44. The first-order valence-electron chi connectivity index (χ1n) is 5.57. The predicted molar refractivity (Wildman–Crippen MR) is 74.9 cm³/mol. The van der Waals surface area contributed by atoms with Crippen molar-refractivity contribution in [2.45, 2.75) is 6.92 Å². The van der Waals surface area contributed by atoms with Gasteiger partial charge in [0.15, 0.2) is 11.5 Å². The van der Waals surface area contributed by atoms with Gasteiger partial charge in [-0.3, -0.25) is 0 Å². The molecule has 96 valence electrons. The number of aromatic nitrogens is 1. The third kappa shape index (κ3) is 2.26. The van der Waals surface area contributed by atoms with E-state index < -0.39 is 0 Å². The Balaban J connectivity index is 2.44. The van der Waals surface area contributed by atoms with E-state index in [4.69, 9.17) is 9.47 Å². The summed E-state index contributed by atoms with van der Waals surface area (Å²) in [6, 6.07) is 5.82. The minimum atomic E-state index is 0.717. The fourth-order valence-corrected chi connectivity index (χ4v) is 2.64. The van der Waals surface area contributed by atoms with Crippen LogP contribution in [0.3, 0.4) is 0 Å². The Morgan fingerprint density at radius 3 is 2.44 bits per heavy atom. The summed E-state index contributed by atoms with van der Waals surface area (Å²) in [5.41, 5.74) is 2.04. The van der Waals surface area contributed by atoms with Crippen molar-refractivity contribution in [2.24, 2.45) is 0 Å². The molecule has 1 aromatic heterocycles. The molecule has 0 fully saturated rings. The van der Waals surface area contributed by atoms with E-state index in [1.54, 1.807) is 25.6 Å². The molecular weight excluding hydrogens is 248 g/mol. The lowest BCUT2D eigenvalue weighted by Crippen LogP contribution is -1.90. The number of nitrogens with one attached hydrogen (secondary N) is 1. The van der Waals surface area contributed by atoms with Crippen molar-refractivity contribution >= 4 is 16.3 Å². The van der Waals surface area contributed by atoms with E-state index in [9.17, 15) is 0 Å². The molecule has 0 unspecified atom stereocenters. The highest BCUT2D eigenvalue weighted by Crippen LogP contribution is 2.36. The van der Waals surface area contributed by atoms with Crippen molar-refractivity contribution in [3.8, 4) is 22.1 Å². The van der Waals surface area contributed by atoms with E-state index in [2.05, 4.69) is 10.3 Å². The quantitative estimate of drug-likeness (QED) is 0.921. The highest BCUT2D eigenvalue weighted by atomic mass is 32.1. The predicted octanol–water partition coefficient (Wildman–Crippen LogP) is 3.18. The Hall–Kier alpha value is -1.75. The Kier molecular flexibility index (Phi) is 3.72. The summed E-state index contributed by atoms with van der Waals surface area (Å²) in [7, 11) is 5.16. The average molecular weight is 264 g/mol. The number of methoxy groups -OCH3 is 2. The maximum Gasteiger partial charge on any atom is 0.161 e. The molecule has 0 aliphatic heterocycles. The molecule has 2 aromatic rings. The van der Waals surface area contributed by atoms with Crippen LogP contribution in [0.4, 0.5) is 5.00 Å². The molecule has 5 heteroatoms. The van der Waals surface area contributed by atoms with Gasteiger partial charge in [0.2, 0.25) is 0 Å². The fourth-order valence-electron chi connectivity index (χ4n) is 1.72. The van der Waals surface area contributed by atoms with Gasteiger partial charge in [0.05, 0.1) is 19.9 Å². The monoisotopic (exact) mass is 264 g/mol. The molecule has 0 atom stereocenters. The van der Waals surface area contributed by atoms with Crippen molar-refractivity contribution in [3.05, 3.63) is 23.9 Å². The van der Waals surface area contributed by atoms with Crippen molar-refractivity contribution in [2.75, 3.05) is 26.6 Å². The topological polar surface area (TPSA) is 43.4 Å². The van der Waals surface area contributed by atoms with Crippen LogP contribution in [0, 0.1) is 6.92 Å². The van der Waals surface area contributed by atoms with Gasteiger partial charge in [-0.25, -0.2) is 4.98 Å². The van der Waals surface area contributed by atoms with Crippen molar-refractivity contribution < 1.29 is 9.47 Å². The number of thiazole rings is 1. The number of benzene rings is 1. The lowest BCUT2D eigenvalue weighted by Gasteiger charge is -2.08. The largest absolute Gasteiger partial charge is 0.493 e. The number of hydrogen-bond acceptors (Lipinski definition) is 5. The summed E-state index contributed by atoms with van der Waals surface area (Å²) >= 11 is 1.63. The number of ether oxygens (including phenoxy) is 2. The third-order valence-corrected chi connectivity index (χ3v) is 3.88. The van der Waals surface area contributed by atoms with Gasteiger partial charge in [0, 0.05) is 12.6 Å². The second kappa shape index (κ2) is 5.27. The smallest absolute Gasteiger partial charge is 0.161 e. The van der Waals surface area contributed by atoms with E-state index in [1.807, 2.05) is 32.2 Å². The summed E-state index contributed by atoms with van der Waals surface area (Å²) in [6.07, 6.45) is 0. The number of anilines is 1. The maximum atomic E-state index is 5.30. The average Bonchev–Trinajstić information content (AvgIpc) is 2.79. The van der Waals surface area contributed by atoms with Gasteiger partial charge < -0.3 is 14.8 Å². The molecule has 0 bridgehead atoms. The van der Waals surface area contributed by atoms with Gasteiger partial charge in [0.1, 0.15) is 10.0 Å². The number of rotatable bonds is 4. The molecule has 0 aliphatic carbocycles. The first kappa shape index (κ1) is 12.7. The van der Waals surface area contributed by atoms with Gasteiger partial charge in [-0.1, -0.05) is 11.3 Å². The number of aryl methyl sites for hydroxylation is 1. The molecule has 0 amide bonds. The van der Waals surface area contributed by atoms with Crippen LogP contribution in [-0.2, 0) is 0 Å². The van der Waals surface area contributed by atoms with Crippen molar-refractivity contribution in [3.63, 3.8) is 0 Å². The van der Waals surface area contributed by atoms with Crippen LogP contribution in [-0.4, -0.2) is 26.3 Å². The van der Waals surface area contributed by atoms with Crippen LogP contribution in [0.5, 0.6) is 11.5 Å². The summed E-state index contributed by atoms with van der Waals surface area (Å²) in [4.78, 5) is 4.54. The third-order valence-electron chi connectivity index (χ3n) is 2.65. The van der Waals surface area contributed by atoms with Crippen LogP contribution < -0.4 is 14.8 Å². The molecular formula is C13H16N2O2S. The minimum absolute atomic E-state index is 0.717. The molecule has 0 saturated carbocycles. The molecule has 0 radical (unpaired) electrons. The van der Waals surface area contributed by atoms with Gasteiger partial charge >= 0.3 is 0 Å². The zero-order valence-corrected chi connectivity index (χ0v) is 11.7. The van der Waals surface area contributed by atoms with Crippen LogP contribution in [0.2, 0.25) is 0 Å². The van der Waals surface area contributed by atoms with Crippen LogP contribution in [0.1, 0.15) is 5.69 Å². The van der Waals surface area contributed by atoms with Crippen LogP contribution in [0.25, 0.3) is 10.6 Å². The Morgan fingerprint density at radius 2 is 1.89 bits per heavy atom. The lowest BCUT2D eigenvalue weighted by molar-refractivity contribution is 0.355. The van der Waals surface area contributed by atoms with Gasteiger partial charge in [-0.05, 0) is 25.1 Å². The molecule has 18 heavy (non-hydrogen) atoms. The molecule has 1 aromatic carbocycles. The second-order valence-corrected chi connectivity index (χ2v) is 4.75. The highest BCUT2D eigenvalue weighted by molar-refractivity contribution is 7.19. The van der Waals surface area contributed by atoms with E-state index in [0.717, 1.165) is 27.0 Å². The normalized spacial score (nSPS) is 10.2. The summed E-state index contributed by atoms with van der Waals surface area (Å²) in [5, 5.41) is 5.19. The molecule has 2 rings (SSSR count). The number of nitrogens with zero attached hydrogens (tertiary/aromatic N) is 1. The van der Waals surface area contributed by atoms with Crippen molar-refractivity contribution in [1.29, 1.82) is 0 Å². The van der Waals surface area contributed by atoms with E-state index in [0.29, 0.717) is 5.75 Å². The van der Waals surface area contributed by atoms with Gasteiger partial charge in [-0.2, -0.15) is 0 Å². The Bertz CT molecular complexity index is 552. The SMILES string of the molecule is CNc1sc(-c2ccc(OC)c(OC)c2)nc1C. The zero-order chi connectivity index (χ0) is 13.1. The lowest BCUT2D eigenvalue weighted by atomic mass is 10.2. The molecule has 4 nitrogen and oxygen atoms in total. The fraction of sp³-hybridized carbons (Fsp3) is 0.308. The van der Waals surface area contributed by atoms with E-state index in [1.165, 1.54) is 0 Å². The molecule has 1 N–H and O–H groups in total. The van der Waals surface area contributed by atoms with Crippen molar-refractivity contribution in [1.82, 2.24) is 4.98 Å². The second-order valence-electron chi connectivity index (χ2n) is 3.75. The molecule has 0 spiro atoms. The van der Waals surface area contributed by atoms with Gasteiger partial charge in [-0.15, -0.1) is 0 Å².